The largest absolute Gasteiger partial charge is 0.356 e. The molecule has 0 bridgehead atoms. The zero-order chi connectivity index (χ0) is 18.4. The van der Waals surface area contributed by atoms with Crippen molar-refractivity contribution in [2.24, 2.45) is 5.92 Å². The van der Waals surface area contributed by atoms with E-state index in [9.17, 15) is 4.79 Å². The van der Waals surface area contributed by atoms with E-state index in [1.807, 2.05) is 32.9 Å². The summed E-state index contributed by atoms with van der Waals surface area (Å²) < 4.78 is 1.11. The Hall–Kier alpha value is -2.74. The lowest BCUT2D eigenvalue weighted by atomic mass is 10.0. The molecule has 0 saturated carbocycles. The van der Waals surface area contributed by atoms with Crippen LogP contribution in [0.5, 0.6) is 0 Å². The van der Waals surface area contributed by atoms with Crippen molar-refractivity contribution in [3.05, 3.63) is 29.6 Å². The number of hydrogen-bond acceptors (Lipinski definition) is 7. The minimum atomic E-state index is -0.310. The van der Waals surface area contributed by atoms with Crippen LogP contribution in [-0.4, -0.2) is 26.9 Å². The summed E-state index contributed by atoms with van der Waals surface area (Å²) in [7, 11) is 0. The van der Waals surface area contributed by atoms with Crippen molar-refractivity contribution in [1.29, 1.82) is 0 Å². The Morgan fingerprint density at radius 1 is 1.19 bits per heavy atom. The molecule has 1 aromatic carbocycles. The van der Waals surface area contributed by atoms with E-state index in [0.29, 0.717) is 23.1 Å². The van der Waals surface area contributed by atoms with Crippen LogP contribution in [-0.2, 0) is 4.79 Å². The predicted octanol–water partition coefficient (Wildman–Crippen LogP) is 3.84. The lowest BCUT2D eigenvalue weighted by Crippen LogP contribution is -2.43. The van der Waals surface area contributed by atoms with Gasteiger partial charge in [-0.1, -0.05) is 31.3 Å². The van der Waals surface area contributed by atoms with Crippen LogP contribution in [0.25, 0.3) is 10.2 Å². The van der Waals surface area contributed by atoms with Gasteiger partial charge in [0.1, 0.15) is 17.6 Å². The number of fused-ring (bicyclic) bond motifs is 2. The number of amides is 1. The average Bonchev–Trinajstić information content (AvgIpc) is 2.96. The normalized spacial score (nSPS) is 16.3. The molecule has 134 valence electrons. The zero-order valence-electron chi connectivity index (χ0n) is 15.0. The SMILES string of the molecule is Cc1ccc2nc(Nc3nc(C)nc4c3NC(=O)C(C(C)C)N4)sc2c1. The maximum Gasteiger partial charge on any atom is 0.247 e. The summed E-state index contributed by atoms with van der Waals surface area (Å²) in [5, 5.41) is 10.1. The van der Waals surface area contributed by atoms with Gasteiger partial charge in [0.2, 0.25) is 5.91 Å². The smallest absolute Gasteiger partial charge is 0.247 e. The molecular formula is C18H20N6OS. The van der Waals surface area contributed by atoms with E-state index < -0.39 is 0 Å². The molecule has 1 atom stereocenters. The Labute approximate surface area is 155 Å². The van der Waals surface area contributed by atoms with Crippen LogP contribution in [0.4, 0.5) is 22.5 Å². The third kappa shape index (κ3) is 2.96. The number of carbonyl (C=O) groups is 1. The second kappa shape index (κ2) is 6.21. The summed E-state index contributed by atoms with van der Waals surface area (Å²) in [5.74, 6) is 1.88. The summed E-state index contributed by atoms with van der Waals surface area (Å²) >= 11 is 1.55. The standard InChI is InChI=1S/C18H20N6OS/c1-8(2)13-17(25)23-14-15(22-13)19-10(4)20-16(14)24-18-21-11-6-5-9(3)7-12(11)26-18/h5-8,13H,1-4H3,(H,23,25)(H2,19,20,21,22,24). The zero-order valence-corrected chi connectivity index (χ0v) is 15.9. The fourth-order valence-corrected chi connectivity index (χ4v) is 3.92. The van der Waals surface area contributed by atoms with E-state index in [1.54, 1.807) is 11.3 Å². The van der Waals surface area contributed by atoms with Gasteiger partial charge in [-0.05, 0) is 37.5 Å². The molecule has 8 heteroatoms. The van der Waals surface area contributed by atoms with E-state index in [2.05, 4.69) is 43.9 Å². The van der Waals surface area contributed by atoms with Gasteiger partial charge in [0, 0.05) is 0 Å². The number of aryl methyl sites for hydroxylation is 2. The lowest BCUT2D eigenvalue weighted by molar-refractivity contribution is -0.117. The highest BCUT2D eigenvalue weighted by Crippen LogP contribution is 2.36. The van der Waals surface area contributed by atoms with Crippen molar-refractivity contribution < 1.29 is 4.79 Å². The van der Waals surface area contributed by atoms with Gasteiger partial charge >= 0.3 is 0 Å². The molecule has 2 aromatic heterocycles. The van der Waals surface area contributed by atoms with Crippen molar-refractivity contribution in [1.82, 2.24) is 15.0 Å². The van der Waals surface area contributed by atoms with Gasteiger partial charge in [0.15, 0.2) is 16.8 Å². The van der Waals surface area contributed by atoms with Crippen LogP contribution in [0.3, 0.4) is 0 Å². The highest BCUT2D eigenvalue weighted by molar-refractivity contribution is 7.22. The van der Waals surface area contributed by atoms with E-state index in [1.165, 1.54) is 5.56 Å². The van der Waals surface area contributed by atoms with Gasteiger partial charge in [-0.15, -0.1) is 0 Å². The van der Waals surface area contributed by atoms with Gasteiger partial charge in [0.05, 0.1) is 10.2 Å². The Morgan fingerprint density at radius 3 is 2.77 bits per heavy atom. The molecule has 0 fully saturated rings. The first kappa shape index (κ1) is 16.7. The third-order valence-electron chi connectivity index (χ3n) is 4.28. The first-order valence-electron chi connectivity index (χ1n) is 8.51. The predicted molar refractivity (Wildman–Crippen MR) is 105 cm³/mol. The van der Waals surface area contributed by atoms with Crippen LogP contribution in [0.15, 0.2) is 18.2 Å². The number of thiazole rings is 1. The van der Waals surface area contributed by atoms with Crippen molar-refractivity contribution in [2.45, 2.75) is 33.7 Å². The molecule has 4 rings (SSSR count). The first-order chi connectivity index (χ1) is 12.4. The molecule has 3 heterocycles. The van der Waals surface area contributed by atoms with Crippen LogP contribution in [0.2, 0.25) is 0 Å². The topological polar surface area (TPSA) is 91.8 Å². The summed E-state index contributed by atoms with van der Waals surface area (Å²) in [6.07, 6.45) is 0. The van der Waals surface area contributed by atoms with Crippen molar-refractivity contribution in [3.8, 4) is 0 Å². The van der Waals surface area contributed by atoms with E-state index in [0.717, 1.165) is 15.3 Å². The molecule has 1 amide bonds. The monoisotopic (exact) mass is 368 g/mol. The quantitative estimate of drug-likeness (QED) is 0.651. The summed E-state index contributed by atoms with van der Waals surface area (Å²) in [6, 6.07) is 5.84. The van der Waals surface area contributed by atoms with E-state index >= 15 is 0 Å². The number of hydrogen-bond donors (Lipinski definition) is 3. The number of nitrogens with zero attached hydrogens (tertiary/aromatic N) is 3. The van der Waals surface area contributed by atoms with Crippen molar-refractivity contribution in [2.75, 3.05) is 16.0 Å². The average molecular weight is 368 g/mol. The Bertz CT molecular complexity index is 1010. The first-order valence-corrected chi connectivity index (χ1v) is 9.32. The maximum absolute atomic E-state index is 12.4. The third-order valence-corrected chi connectivity index (χ3v) is 5.21. The van der Waals surface area contributed by atoms with Gasteiger partial charge < -0.3 is 16.0 Å². The molecule has 3 aromatic rings. The molecular weight excluding hydrogens is 348 g/mol. The highest BCUT2D eigenvalue weighted by Gasteiger charge is 2.31. The van der Waals surface area contributed by atoms with Crippen LogP contribution in [0, 0.1) is 19.8 Å². The lowest BCUT2D eigenvalue weighted by Gasteiger charge is -2.29. The maximum atomic E-state index is 12.4. The van der Waals surface area contributed by atoms with Crippen LogP contribution >= 0.6 is 11.3 Å². The number of rotatable bonds is 3. The summed E-state index contributed by atoms with van der Waals surface area (Å²) in [5.41, 5.74) is 2.69. The van der Waals surface area contributed by atoms with Gasteiger partial charge in [-0.2, -0.15) is 0 Å². The molecule has 3 N–H and O–H groups in total. The Morgan fingerprint density at radius 2 is 2.00 bits per heavy atom. The second-order valence-electron chi connectivity index (χ2n) is 6.81. The van der Waals surface area contributed by atoms with Crippen molar-refractivity contribution in [3.63, 3.8) is 0 Å². The van der Waals surface area contributed by atoms with Gasteiger partial charge in [-0.3, -0.25) is 4.79 Å². The van der Waals surface area contributed by atoms with Crippen molar-refractivity contribution >= 4 is 49.9 Å². The molecule has 0 aliphatic carbocycles. The molecule has 26 heavy (non-hydrogen) atoms. The second-order valence-corrected chi connectivity index (χ2v) is 7.84. The number of nitrogens with one attached hydrogen (secondary N) is 3. The Kier molecular flexibility index (Phi) is 3.99. The minimum absolute atomic E-state index is 0.0806. The van der Waals surface area contributed by atoms with Crippen LogP contribution < -0.4 is 16.0 Å². The molecule has 7 nitrogen and oxygen atoms in total. The number of aromatic nitrogens is 3. The van der Waals surface area contributed by atoms with Gasteiger partial charge in [-0.25, -0.2) is 15.0 Å². The minimum Gasteiger partial charge on any atom is -0.356 e. The number of carbonyl (C=O) groups excluding carboxylic acids is 1. The number of anilines is 4. The molecule has 0 saturated heterocycles. The molecule has 1 aliphatic heterocycles. The Balaban J connectivity index is 1.71. The van der Waals surface area contributed by atoms with E-state index in [-0.39, 0.29) is 17.9 Å². The van der Waals surface area contributed by atoms with Crippen LogP contribution in [0.1, 0.15) is 25.2 Å². The fraction of sp³-hybridized carbons (Fsp3) is 0.333. The summed E-state index contributed by atoms with van der Waals surface area (Å²) in [6.45, 7) is 7.88. The highest BCUT2D eigenvalue weighted by atomic mass is 32.1. The molecule has 0 radical (unpaired) electrons. The number of benzene rings is 1. The molecule has 0 spiro atoms. The fourth-order valence-electron chi connectivity index (χ4n) is 2.96. The molecule has 1 unspecified atom stereocenters. The van der Waals surface area contributed by atoms with E-state index in [4.69, 9.17) is 0 Å². The van der Waals surface area contributed by atoms with Gasteiger partial charge in [0.25, 0.3) is 0 Å². The molecule has 1 aliphatic rings. The summed E-state index contributed by atoms with van der Waals surface area (Å²) in [4.78, 5) is 25.9.